The maximum atomic E-state index is 13.0. The summed E-state index contributed by atoms with van der Waals surface area (Å²) in [6.45, 7) is 9.42. The van der Waals surface area contributed by atoms with Gasteiger partial charge >= 0.3 is 5.97 Å². The zero-order valence-electron chi connectivity index (χ0n) is 18.6. The van der Waals surface area contributed by atoms with Crippen molar-refractivity contribution in [3.8, 4) is 0 Å². The summed E-state index contributed by atoms with van der Waals surface area (Å²) < 4.78 is 12.6. The molecule has 0 aromatic heterocycles. The van der Waals surface area contributed by atoms with E-state index in [1.54, 1.807) is 0 Å². The van der Waals surface area contributed by atoms with Gasteiger partial charge in [0.25, 0.3) is 0 Å². The Labute approximate surface area is 190 Å². The normalized spacial score (nSPS) is 44.3. The SMILES string of the molecule is C[C@H]1CCC[C@]2(C)C[C@H]3OC(=O)[C@H](CN4CCN(c5ccc(Cl)cc5)CC4)[C@H]3[C@@H]3O[C@@]132. The van der Waals surface area contributed by atoms with Gasteiger partial charge in [-0.15, -0.1) is 0 Å². The van der Waals surface area contributed by atoms with E-state index in [1.165, 1.54) is 24.9 Å². The van der Waals surface area contributed by atoms with E-state index >= 15 is 0 Å². The molecule has 0 N–H and O–H groups in total. The highest BCUT2D eigenvalue weighted by molar-refractivity contribution is 6.30. The van der Waals surface area contributed by atoms with Crippen LogP contribution in [0.5, 0.6) is 0 Å². The average Bonchev–Trinajstić information content (AvgIpc) is 3.44. The topological polar surface area (TPSA) is 45.3 Å². The molecule has 3 aliphatic heterocycles. The van der Waals surface area contributed by atoms with Crippen LogP contribution in [0.1, 0.15) is 39.5 Å². The van der Waals surface area contributed by atoms with E-state index in [0.29, 0.717) is 5.92 Å². The molecular formula is C25H33ClN2O3. The molecule has 0 radical (unpaired) electrons. The summed E-state index contributed by atoms with van der Waals surface area (Å²) in [4.78, 5) is 17.8. The van der Waals surface area contributed by atoms with E-state index in [-0.39, 0.29) is 41.0 Å². The molecule has 2 saturated carbocycles. The van der Waals surface area contributed by atoms with E-state index in [0.717, 1.165) is 44.2 Å². The number of hydrogen-bond donors (Lipinski definition) is 0. The third-order valence-corrected chi connectivity index (χ3v) is 9.46. The highest BCUT2D eigenvalue weighted by atomic mass is 35.5. The first-order chi connectivity index (χ1) is 14.9. The van der Waals surface area contributed by atoms with Crippen LogP contribution in [0.15, 0.2) is 24.3 Å². The van der Waals surface area contributed by atoms with Crippen molar-refractivity contribution < 1.29 is 14.3 Å². The minimum absolute atomic E-state index is 0.00801. The Morgan fingerprint density at radius 1 is 1.16 bits per heavy atom. The maximum absolute atomic E-state index is 13.0. The van der Waals surface area contributed by atoms with Crippen LogP contribution in [0, 0.1) is 23.2 Å². The molecule has 31 heavy (non-hydrogen) atoms. The minimum Gasteiger partial charge on any atom is -0.462 e. The zero-order chi connectivity index (χ0) is 21.4. The zero-order valence-corrected chi connectivity index (χ0v) is 19.3. The Kier molecular flexibility index (Phi) is 4.65. The molecule has 1 aromatic rings. The Balaban J connectivity index is 1.14. The van der Waals surface area contributed by atoms with Gasteiger partial charge in [-0.05, 0) is 49.4 Å². The van der Waals surface area contributed by atoms with Crippen molar-refractivity contribution in [1.29, 1.82) is 0 Å². The van der Waals surface area contributed by atoms with Gasteiger partial charge < -0.3 is 14.4 Å². The van der Waals surface area contributed by atoms with E-state index in [9.17, 15) is 4.79 Å². The molecule has 2 aliphatic carbocycles. The fourth-order valence-electron chi connectivity index (χ4n) is 7.56. The van der Waals surface area contributed by atoms with Crippen LogP contribution >= 0.6 is 11.6 Å². The molecule has 3 heterocycles. The number of piperazine rings is 1. The van der Waals surface area contributed by atoms with Gasteiger partial charge in [-0.1, -0.05) is 31.9 Å². The summed E-state index contributed by atoms with van der Waals surface area (Å²) in [7, 11) is 0. The van der Waals surface area contributed by atoms with E-state index in [1.807, 2.05) is 12.1 Å². The number of epoxide rings is 1. The molecule has 3 saturated heterocycles. The van der Waals surface area contributed by atoms with E-state index in [4.69, 9.17) is 21.1 Å². The first-order valence-electron chi connectivity index (χ1n) is 12.0. The van der Waals surface area contributed by atoms with Crippen molar-refractivity contribution in [3.05, 3.63) is 29.3 Å². The number of rotatable bonds is 3. The number of halogens is 1. The molecular weight excluding hydrogens is 412 g/mol. The van der Waals surface area contributed by atoms with Gasteiger partial charge in [0.2, 0.25) is 0 Å². The lowest BCUT2D eigenvalue weighted by atomic mass is 9.53. The van der Waals surface area contributed by atoms with Crippen molar-refractivity contribution >= 4 is 23.3 Å². The van der Waals surface area contributed by atoms with Gasteiger partial charge in [0.15, 0.2) is 0 Å². The predicted molar refractivity (Wildman–Crippen MR) is 120 cm³/mol. The van der Waals surface area contributed by atoms with E-state index < -0.39 is 0 Å². The molecule has 5 nitrogen and oxygen atoms in total. The Morgan fingerprint density at radius 3 is 2.65 bits per heavy atom. The largest absolute Gasteiger partial charge is 0.462 e. The monoisotopic (exact) mass is 444 g/mol. The van der Waals surface area contributed by atoms with Crippen molar-refractivity contribution in [2.45, 2.75) is 57.3 Å². The highest BCUT2D eigenvalue weighted by Crippen LogP contribution is 2.70. The fraction of sp³-hybridized carbons (Fsp3) is 0.720. The number of benzene rings is 1. The molecule has 5 aliphatic rings. The van der Waals surface area contributed by atoms with Crippen LogP contribution in [0.2, 0.25) is 5.02 Å². The number of esters is 1. The Hall–Kier alpha value is -1.30. The standard InChI is InChI=1S/C25H33ClN2O3/c1-16-4-3-9-24(2)14-20-21(22-25(16,24)31-22)19(23(29)30-20)15-27-10-12-28(13-11-27)18-7-5-17(26)6-8-18/h5-8,16,19-22H,3-4,9-15H2,1-2H3/t16-,19+,20+,21+,22-,24+,25-/m0/s1. The van der Waals surface area contributed by atoms with Gasteiger partial charge in [0, 0.05) is 54.8 Å². The van der Waals surface area contributed by atoms with Crippen molar-refractivity contribution in [2.75, 3.05) is 37.6 Å². The van der Waals surface area contributed by atoms with E-state index in [2.05, 4.69) is 35.8 Å². The molecule has 6 heteroatoms. The number of hydrogen-bond acceptors (Lipinski definition) is 5. The van der Waals surface area contributed by atoms with Gasteiger partial charge in [0.1, 0.15) is 11.7 Å². The fourth-order valence-corrected chi connectivity index (χ4v) is 7.69. The van der Waals surface area contributed by atoms with Crippen molar-refractivity contribution in [3.63, 3.8) is 0 Å². The molecule has 1 spiro atoms. The van der Waals surface area contributed by atoms with Crippen LogP contribution in [0.3, 0.4) is 0 Å². The Morgan fingerprint density at radius 2 is 1.90 bits per heavy atom. The second kappa shape index (κ2) is 7.10. The second-order valence-corrected chi connectivity index (χ2v) is 11.2. The predicted octanol–water partition coefficient (Wildman–Crippen LogP) is 3.99. The average molecular weight is 445 g/mol. The second-order valence-electron chi connectivity index (χ2n) is 10.8. The smallest absolute Gasteiger partial charge is 0.311 e. The first kappa shape index (κ1) is 20.3. The molecule has 168 valence electrons. The highest BCUT2D eigenvalue weighted by Gasteiger charge is 2.78. The molecule has 0 amide bonds. The molecule has 5 fully saturated rings. The van der Waals surface area contributed by atoms with Crippen LogP contribution in [0.25, 0.3) is 0 Å². The maximum Gasteiger partial charge on any atom is 0.311 e. The third-order valence-electron chi connectivity index (χ3n) is 9.21. The summed E-state index contributed by atoms with van der Waals surface area (Å²) in [5.41, 5.74) is 1.37. The quantitative estimate of drug-likeness (QED) is 0.521. The number of anilines is 1. The molecule has 6 rings (SSSR count). The lowest BCUT2D eigenvalue weighted by Crippen LogP contribution is -2.55. The lowest BCUT2D eigenvalue weighted by molar-refractivity contribution is -0.146. The molecule has 1 aromatic carbocycles. The molecule has 0 bridgehead atoms. The Bertz CT molecular complexity index is 870. The van der Waals surface area contributed by atoms with Gasteiger partial charge in [-0.2, -0.15) is 0 Å². The summed E-state index contributed by atoms with van der Waals surface area (Å²) in [5, 5.41) is 0.771. The van der Waals surface area contributed by atoms with Crippen molar-refractivity contribution in [2.24, 2.45) is 23.2 Å². The lowest BCUT2D eigenvalue weighted by Gasteiger charge is -2.49. The van der Waals surface area contributed by atoms with Gasteiger partial charge in [-0.3, -0.25) is 9.69 Å². The minimum atomic E-state index is -0.0462. The summed E-state index contributed by atoms with van der Waals surface area (Å²) >= 11 is 6.03. The van der Waals surface area contributed by atoms with Crippen LogP contribution < -0.4 is 4.90 Å². The first-order valence-corrected chi connectivity index (χ1v) is 12.4. The number of nitrogens with zero attached hydrogens (tertiary/aromatic N) is 2. The number of fused-ring (bicyclic) bond motifs is 2. The van der Waals surface area contributed by atoms with Gasteiger partial charge in [-0.25, -0.2) is 0 Å². The molecule has 7 atom stereocenters. The molecule has 0 unspecified atom stereocenters. The third kappa shape index (κ3) is 2.99. The number of carbonyl (C=O) groups is 1. The van der Waals surface area contributed by atoms with Crippen LogP contribution in [0.4, 0.5) is 5.69 Å². The summed E-state index contributed by atoms with van der Waals surface area (Å²) in [6.07, 6.45) is 4.94. The number of carbonyl (C=O) groups excluding carboxylic acids is 1. The summed E-state index contributed by atoms with van der Waals surface area (Å²) in [5.74, 6) is 0.776. The van der Waals surface area contributed by atoms with Crippen LogP contribution in [-0.4, -0.2) is 61.4 Å². The summed E-state index contributed by atoms with van der Waals surface area (Å²) in [6, 6.07) is 8.08. The van der Waals surface area contributed by atoms with Gasteiger partial charge in [0.05, 0.1) is 12.0 Å². The van der Waals surface area contributed by atoms with Crippen molar-refractivity contribution in [1.82, 2.24) is 4.90 Å². The number of ether oxygens (including phenoxy) is 2. The van der Waals surface area contributed by atoms with Crippen LogP contribution in [-0.2, 0) is 14.3 Å².